The van der Waals surface area contributed by atoms with Crippen LogP contribution < -0.4 is 0 Å². The largest absolute Gasteiger partial charge is 0.151 e. The highest BCUT2D eigenvalue weighted by Gasteiger charge is 2.11. The first-order chi connectivity index (χ1) is 6.53. The molecule has 0 fully saturated rings. The van der Waals surface area contributed by atoms with Crippen LogP contribution in [0.3, 0.4) is 0 Å². The van der Waals surface area contributed by atoms with E-state index >= 15 is 0 Å². The molecule has 0 radical (unpaired) electrons. The van der Waals surface area contributed by atoms with Crippen molar-refractivity contribution in [1.82, 2.24) is 0 Å². The molecule has 1 rings (SSSR count). The van der Waals surface area contributed by atoms with Gasteiger partial charge < -0.3 is 0 Å². The fraction of sp³-hybridized carbons (Fsp3) is 0.385. The Balaban J connectivity index is 2.71. The van der Waals surface area contributed by atoms with Crippen molar-refractivity contribution in [1.29, 1.82) is 0 Å². The van der Waals surface area contributed by atoms with Gasteiger partial charge in [-0.3, -0.25) is 0 Å². The second-order valence-corrected chi connectivity index (χ2v) is 6.11. The summed E-state index contributed by atoms with van der Waals surface area (Å²) in [5.41, 5.74) is 2.63. The molecule has 0 heterocycles. The van der Waals surface area contributed by atoms with Gasteiger partial charge in [-0.15, -0.1) is 0 Å². The van der Waals surface area contributed by atoms with Crippen molar-refractivity contribution in [3.63, 3.8) is 0 Å². The predicted molar refractivity (Wildman–Crippen MR) is 67.6 cm³/mol. The van der Waals surface area contributed by atoms with Crippen LogP contribution in [0.1, 0.15) is 31.9 Å². The van der Waals surface area contributed by atoms with E-state index in [1.54, 1.807) is 0 Å². The van der Waals surface area contributed by atoms with Crippen molar-refractivity contribution < 1.29 is 0 Å². The first kappa shape index (κ1) is 11.4. The van der Waals surface area contributed by atoms with E-state index < -0.39 is 0 Å². The van der Waals surface area contributed by atoms with Gasteiger partial charge in [0.15, 0.2) is 0 Å². The highest BCUT2D eigenvalue weighted by atomic mass is 32.2. The lowest BCUT2D eigenvalue weighted by Gasteiger charge is -2.18. The van der Waals surface area contributed by atoms with Crippen LogP contribution >= 0.6 is 11.8 Å². The topological polar surface area (TPSA) is 0 Å². The van der Waals surface area contributed by atoms with Gasteiger partial charge in [0.2, 0.25) is 0 Å². The van der Waals surface area contributed by atoms with Crippen molar-refractivity contribution in [3.05, 3.63) is 42.0 Å². The first-order valence-corrected chi connectivity index (χ1v) is 5.86. The lowest BCUT2D eigenvalue weighted by Crippen LogP contribution is -2.07. The number of benzene rings is 1. The van der Waals surface area contributed by atoms with Gasteiger partial charge in [0.25, 0.3) is 0 Å². The van der Waals surface area contributed by atoms with Gasteiger partial charge in [-0.1, -0.05) is 57.7 Å². The van der Waals surface area contributed by atoms with E-state index in [2.05, 4.69) is 51.6 Å². The third kappa shape index (κ3) is 3.59. The van der Waals surface area contributed by atoms with E-state index in [1.807, 2.05) is 17.8 Å². The third-order valence-corrected chi connectivity index (χ3v) is 3.26. The van der Waals surface area contributed by atoms with Gasteiger partial charge in [0.05, 0.1) is 0 Å². The minimum atomic E-state index is 0.328. The molecule has 76 valence electrons. The molecule has 1 heteroatoms. The molecule has 0 saturated carbocycles. The summed E-state index contributed by atoms with van der Waals surface area (Å²) in [7, 11) is 0. The zero-order chi connectivity index (χ0) is 10.6. The maximum absolute atomic E-state index is 3.83. The molecule has 1 aromatic carbocycles. The summed E-state index contributed by atoms with van der Waals surface area (Å²) in [5.74, 6) is 1.06. The zero-order valence-corrected chi connectivity index (χ0v) is 10.0. The Kier molecular flexibility index (Phi) is 3.82. The zero-order valence-electron chi connectivity index (χ0n) is 9.21. The van der Waals surface area contributed by atoms with Crippen molar-refractivity contribution >= 4 is 17.8 Å². The summed E-state index contributed by atoms with van der Waals surface area (Å²) in [6.07, 6.45) is 1.93. The van der Waals surface area contributed by atoms with Gasteiger partial charge in [0, 0.05) is 10.5 Å². The molecule has 0 spiro atoms. The van der Waals surface area contributed by atoms with E-state index in [-0.39, 0.29) is 0 Å². The van der Waals surface area contributed by atoms with E-state index in [1.165, 1.54) is 11.1 Å². The van der Waals surface area contributed by atoms with Crippen LogP contribution in [0.15, 0.2) is 30.8 Å². The minimum absolute atomic E-state index is 0.328. The smallest absolute Gasteiger partial charge is 0.0195 e. The molecule has 0 aliphatic carbocycles. The van der Waals surface area contributed by atoms with Crippen molar-refractivity contribution in [2.45, 2.75) is 31.3 Å². The average Bonchev–Trinajstić information content (AvgIpc) is 2.14. The standard InChI is InChI=1S/C13H18S/c1-5-11-8-6-7-9-12(11)10-14-13(2,3)4/h5-9H,1,10H2,2-4H3. The van der Waals surface area contributed by atoms with Crippen molar-refractivity contribution in [3.8, 4) is 0 Å². The number of thioether (sulfide) groups is 1. The van der Waals surface area contributed by atoms with Gasteiger partial charge in [-0.25, -0.2) is 0 Å². The number of hydrogen-bond acceptors (Lipinski definition) is 1. The molecular formula is C13H18S. The van der Waals surface area contributed by atoms with Gasteiger partial charge in [0.1, 0.15) is 0 Å². The van der Waals surface area contributed by atoms with E-state index in [0.717, 1.165) is 5.75 Å². The van der Waals surface area contributed by atoms with Crippen LogP contribution in [0, 0.1) is 0 Å². The Labute approximate surface area is 91.4 Å². The Morgan fingerprint density at radius 3 is 2.50 bits per heavy atom. The Morgan fingerprint density at radius 2 is 1.93 bits per heavy atom. The molecule has 1 aromatic rings. The summed E-state index contributed by atoms with van der Waals surface area (Å²) in [4.78, 5) is 0. The second-order valence-electron chi connectivity index (χ2n) is 4.30. The normalized spacial score (nSPS) is 11.4. The Morgan fingerprint density at radius 1 is 1.29 bits per heavy atom. The molecule has 0 N–H and O–H groups in total. The maximum Gasteiger partial charge on any atom is 0.0195 e. The predicted octanol–water partition coefficient (Wildman–Crippen LogP) is 4.36. The van der Waals surface area contributed by atoms with Gasteiger partial charge in [-0.05, 0) is 11.1 Å². The number of hydrogen-bond donors (Lipinski definition) is 0. The SMILES string of the molecule is C=Cc1ccccc1CSC(C)(C)C. The van der Waals surface area contributed by atoms with E-state index in [0.29, 0.717) is 4.75 Å². The minimum Gasteiger partial charge on any atom is -0.151 e. The van der Waals surface area contributed by atoms with Crippen LogP contribution in [0.2, 0.25) is 0 Å². The van der Waals surface area contributed by atoms with Crippen molar-refractivity contribution in [2.24, 2.45) is 0 Å². The Hall–Kier alpha value is -0.690. The molecule has 0 nitrogen and oxygen atoms in total. The molecule has 0 unspecified atom stereocenters. The quantitative estimate of drug-likeness (QED) is 0.708. The van der Waals surface area contributed by atoms with Crippen LogP contribution in [-0.2, 0) is 5.75 Å². The second kappa shape index (κ2) is 4.70. The fourth-order valence-electron chi connectivity index (χ4n) is 1.16. The molecule has 0 bridgehead atoms. The molecule has 0 amide bonds. The Bertz CT molecular complexity index is 307. The summed E-state index contributed by atoms with van der Waals surface area (Å²) >= 11 is 1.97. The monoisotopic (exact) mass is 206 g/mol. The molecule has 0 aliphatic heterocycles. The summed E-state index contributed by atoms with van der Waals surface area (Å²) in [6, 6.07) is 8.44. The fourth-order valence-corrected chi connectivity index (χ4v) is 2.01. The van der Waals surface area contributed by atoms with Crippen molar-refractivity contribution in [2.75, 3.05) is 0 Å². The van der Waals surface area contributed by atoms with Gasteiger partial charge >= 0.3 is 0 Å². The maximum atomic E-state index is 3.83. The van der Waals surface area contributed by atoms with E-state index in [9.17, 15) is 0 Å². The highest BCUT2D eigenvalue weighted by Crippen LogP contribution is 2.28. The van der Waals surface area contributed by atoms with Crippen LogP contribution in [0.25, 0.3) is 6.08 Å². The van der Waals surface area contributed by atoms with Gasteiger partial charge in [-0.2, -0.15) is 11.8 Å². The number of rotatable bonds is 3. The highest BCUT2D eigenvalue weighted by molar-refractivity contribution is 7.99. The summed E-state index contributed by atoms with van der Waals surface area (Å²) in [6.45, 7) is 10.6. The lowest BCUT2D eigenvalue weighted by atomic mass is 10.1. The summed E-state index contributed by atoms with van der Waals surface area (Å²) < 4.78 is 0.328. The summed E-state index contributed by atoms with van der Waals surface area (Å²) in [5, 5.41) is 0. The van der Waals surface area contributed by atoms with Crippen LogP contribution in [-0.4, -0.2) is 4.75 Å². The molecule has 0 aliphatic rings. The third-order valence-electron chi connectivity index (χ3n) is 1.94. The van der Waals surface area contributed by atoms with Crippen LogP contribution in [0.4, 0.5) is 0 Å². The molecular weight excluding hydrogens is 188 g/mol. The van der Waals surface area contributed by atoms with Crippen LogP contribution in [0.5, 0.6) is 0 Å². The molecule has 0 atom stereocenters. The molecule has 0 saturated heterocycles. The lowest BCUT2D eigenvalue weighted by molar-refractivity contribution is 0.802. The molecule has 14 heavy (non-hydrogen) atoms. The first-order valence-electron chi connectivity index (χ1n) is 4.87. The molecule has 0 aromatic heterocycles. The van der Waals surface area contributed by atoms with E-state index in [4.69, 9.17) is 0 Å². The average molecular weight is 206 g/mol.